The molecule has 1 aromatic heterocycles. The maximum absolute atomic E-state index is 4.62. The number of pyridine rings is 1. The summed E-state index contributed by atoms with van der Waals surface area (Å²) in [7, 11) is 0. The first-order valence-electron chi connectivity index (χ1n) is 4.60. The Morgan fingerprint density at radius 2 is 1.92 bits per heavy atom. The summed E-state index contributed by atoms with van der Waals surface area (Å²) >= 11 is 0. The van der Waals surface area contributed by atoms with Gasteiger partial charge in [0.05, 0.1) is 11.2 Å². The quantitative estimate of drug-likeness (QED) is 0.591. The summed E-state index contributed by atoms with van der Waals surface area (Å²) in [4.78, 5) is 4.62. The van der Waals surface area contributed by atoms with Crippen LogP contribution >= 0.6 is 0 Å². The van der Waals surface area contributed by atoms with E-state index in [1.54, 1.807) is 0 Å². The fourth-order valence-electron chi connectivity index (χ4n) is 1.91. The molecule has 64 valence electrons. The third-order valence-corrected chi connectivity index (χ3v) is 2.93. The smallest absolute Gasteiger partial charge is 0.0705 e. The van der Waals surface area contributed by atoms with Crippen molar-refractivity contribution >= 4 is 10.9 Å². The van der Waals surface area contributed by atoms with Crippen LogP contribution in [0.2, 0.25) is 0 Å². The topological polar surface area (TPSA) is 12.9 Å². The molecule has 1 heteroatoms. The molecule has 3 rings (SSSR count). The van der Waals surface area contributed by atoms with Gasteiger partial charge in [0.25, 0.3) is 0 Å². The highest BCUT2D eigenvalue weighted by Gasteiger charge is 2.43. The first kappa shape index (κ1) is 7.07. The average molecular weight is 169 g/mol. The molecule has 1 aliphatic carbocycles. The average Bonchev–Trinajstić information content (AvgIpc) is 2.66. The fourth-order valence-corrected chi connectivity index (χ4v) is 1.91. The number of hydrogen-bond acceptors (Lipinski definition) is 1. The summed E-state index contributed by atoms with van der Waals surface area (Å²) in [6.45, 7) is 4.45. The zero-order valence-corrected chi connectivity index (χ0v) is 7.83. The highest BCUT2D eigenvalue weighted by molar-refractivity contribution is 5.82. The van der Waals surface area contributed by atoms with Crippen LogP contribution in [0.1, 0.15) is 25.1 Å². The van der Waals surface area contributed by atoms with Crippen LogP contribution in [0.15, 0.2) is 30.3 Å². The lowest BCUT2D eigenvalue weighted by atomic mass is 10.1. The van der Waals surface area contributed by atoms with E-state index in [0.29, 0.717) is 0 Å². The van der Waals surface area contributed by atoms with Gasteiger partial charge in [0.2, 0.25) is 0 Å². The van der Waals surface area contributed by atoms with E-state index >= 15 is 0 Å². The molecular formula is C12H11N. The van der Waals surface area contributed by atoms with E-state index in [1.165, 1.54) is 16.6 Å². The minimum atomic E-state index is 0.235. The van der Waals surface area contributed by atoms with Gasteiger partial charge in [-0.1, -0.05) is 32.0 Å². The molecule has 13 heavy (non-hydrogen) atoms. The van der Waals surface area contributed by atoms with Crippen molar-refractivity contribution in [3.8, 4) is 0 Å². The first-order valence-corrected chi connectivity index (χ1v) is 4.60. The van der Waals surface area contributed by atoms with E-state index < -0.39 is 0 Å². The third kappa shape index (κ3) is 0.791. The van der Waals surface area contributed by atoms with Crippen molar-refractivity contribution in [1.29, 1.82) is 0 Å². The van der Waals surface area contributed by atoms with Gasteiger partial charge in [0, 0.05) is 10.8 Å². The van der Waals surface area contributed by atoms with Crippen molar-refractivity contribution in [1.82, 2.24) is 4.98 Å². The van der Waals surface area contributed by atoms with Gasteiger partial charge in [-0.05, 0) is 17.7 Å². The molecule has 1 heterocycles. The minimum absolute atomic E-state index is 0.235. The molecule has 0 unspecified atom stereocenters. The number of benzene rings is 1. The Morgan fingerprint density at radius 1 is 1.15 bits per heavy atom. The SMILES string of the molecule is CC1(C)c2cc3ccccc3nc21. The second-order valence-electron chi connectivity index (χ2n) is 4.20. The van der Waals surface area contributed by atoms with Crippen molar-refractivity contribution in [3.05, 3.63) is 41.6 Å². The van der Waals surface area contributed by atoms with Crippen molar-refractivity contribution in [2.45, 2.75) is 19.3 Å². The lowest BCUT2D eigenvalue weighted by Gasteiger charge is -1.91. The molecule has 1 nitrogen and oxygen atoms in total. The molecule has 0 radical (unpaired) electrons. The number of hydrogen-bond donors (Lipinski definition) is 0. The summed E-state index contributed by atoms with van der Waals surface area (Å²) in [5.41, 5.74) is 4.03. The van der Waals surface area contributed by atoms with Crippen LogP contribution in [0, 0.1) is 0 Å². The summed E-state index contributed by atoms with van der Waals surface area (Å²) in [5.74, 6) is 0. The van der Waals surface area contributed by atoms with Crippen LogP contribution in [0.25, 0.3) is 10.9 Å². The molecule has 0 spiro atoms. The Morgan fingerprint density at radius 3 is 2.77 bits per heavy atom. The molecule has 2 aromatic rings. The number of fused-ring (bicyclic) bond motifs is 2. The second-order valence-corrected chi connectivity index (χ2v) is 4.20. The van der Waals surface area contributed by atoms with Crippen molar-refractivity contribution in [2.24, 2.45) is 0 Å². The second kappa shape index (κ2) is 1.92. The normalized spacial score (nSPS) is 17.1. The van der Waals surface area contributed by atoms with Gasteiger partial charge in [0.15, 0.2) is 0 Å². The van der Waals surface area contributed by atoms with Gasteiger partial charge < -0.3 is 0 Å². The van der Waals surface area contributed by atoms with Crippen molar-refractivity contribution in [3.63, 3.8) is 0 Å². The monoisotopic (exact) mass is 169 g/mol. The molecule has 0 N–H and O–H groups in total. The maximum Gasteiger partial charge on any atom is 0.0705 e. The molecule has 1 aliphatic rings. The Balaban J connectivity index is 2.37. The Bertz CT molecular complexity index is 453. The number of rotatable bonds is 0. The zero-order valence-electron chi connectivity index (χ0n) is 7.83. The van der Waals surface area contributed by atoms with Crippen LogP contribution in [0.4, 0.5) is 0 Å². The van der Waals surface area contributed by atoms with Crippen LogP contribution in [0.3, 0.4) is 0 Å². The molecule has 0 saturated carbocycles. The summed E-state index contributed by atoms with van der Waals surface area (Å²) in [6, 6.07) is 10.6. The molecule has 0 fully saturated rings. The van der Waals surface area contributed by atoms with Crippen LogP contribution in [0.5, 0.6) is 0 Å². The Hall–Kier alpha value is -1.37. The van der Waals surface area contributed by atoms with Crippen molar-refractivity contribution in [2.75, 3.05) is 0 Å². The molecule has 0 saturated heterocycles. The summed E-state index contributed by atoms with van der Waals surface area (Å²) < 4.78 is 0. The Labute approximate surface area is 77.4 Å². The summed E-state index contributed by atoms with van der Waals surface area (Å²) in [5, 5.41) is 1.26. The van der Waals surface area contributed by atoms with Gasteiger partial charge in [-0.2, -0.15) is 0 Å². The first-order chi connectivity index (χ1) is 6.19. The van der Waals surface area contributed by atoms with Crippen LogP contribution in [-0.4, -0.2) is 4.98 Å². The van der Waals surface area contributed by atoms with E-state index in [1.807, 2.05) is 6.07 Å². The molecule has 0 amide bonds. The van der Waals surface area contributed by atoms with Crippen LogP contribution in [-0.2, 0) is 5.41 Å². The number of aromatic nitrogens is 1. The lowest BCUT2D eigenvalue weighted by Crippen LogP contribution is -1.90. The fraction of sp³-hybridized carbons (Fsp3) is 0.250. The molecule has 0 bridgehead atoms. The maximum atomic E-state index is 4.62. The minimum Gasteiger partial charge on any atom is -0.252 e. The Kier molecular flexibility index (Phi) is 1.05. The number of para-hydroxylation sites is 1. The standard InChI is InChI=1S/C12H11N/c1-12(2)9-7-8-5-3-4-6-10(8)13-11(9)12/h3-7H,1-2H3. The van der Waals surface area contributed by atoms with Gasteiger partial charge >= 0.3 is 0 Å². The lowest BCUT2D eigenvalue weighted by molar-refractivity contribution is 0.779. The van der Waals surface area contributed by atoms with E-state index in [2.05, 4.69) is 43.1 Å². The van der Waals surface area contributed by atoms with Gasteiger partial charge in [-0.15, -0.1) is 0 Å². The summed E-state index contributed by atoms with van der Waals surface area (Å²) in [6.07, 6.45) is 0. The van der Waals surface area contributed by atoms with E-state index in [9.17, 15) is 0 Å². The molecular weight excluding hydrogens is 158 g/mol. The third-order valence-electron chi connectivity index (χ3n) is 2.93. The largest absolute Gasteiger partial charge is 0.252 e. The predicted molar refractivity (Wildman–Crippen MR) is 53.9 cm³/mol. The number of nitrogens with zero attached hydrogens (tertiary/aromatic N) is 1. The zero-order chi connectivity index (χ0) is 9.05. The molecule has 1 aromatic carbocycles. The highest BCUT2D eigenvalue weighted by Crippen LogP contribution is 2.48. The molecule has 0 atom stereocenters. The van der Waals surface area contributed by atoms with Crippen molar-refractivity contribution < 1.29 is 0 Å². The van der Waals surface area contributed by atoms with Crippen LogP contribution < -0.4 is 0 Å². The molecule has 0 aliphatic heterocycles. The highest BCUT2D eigenvalue weighted by atomic mass is 14.8. The van der Waals surface area contributed by atoms with E-state index in [4.69, 9.17) is 0 Å². The predicted octanol–water partition coefficient (Wildman–Crippen LogP) is 2.87. The van der Waals surface area contributed by atoms with E-state index in [-0.39, 0.29) is 5.41 Å². The van der Waals surface area contributed by atoms with Gasteiger partial charge in [-0.3, -0.25) is 4.98 Å². The van der Waals surface area contributed by atoms with Gasteiger partial charge in [-0.25, -0.2) is 0 Å². The van der Waals surface area contributed by atoms with E-state index in [0.717, 1.165) is 5.52 Å². The van der Waals surface area contributed by atoms with Gasteiger partial charge in [0.1, 0.15) is 0 Å².